The lowest BCUT2D eigenvalue weighted by Gasteiger charge is -2.36. The highest BCUT2D eigenvalue weighted by Gasteiger charge is 2.31. The standard InChI is InChI=1S/C16H27N3O3/c20-15(14-7-4-12-22-14)18-8-10-19(11-9-18)16(21)17-13-5-2-1-3-6-13/h13-14H,1-12H2,(H,17,21)/t14-/m1/s1. The minimum Gasteiger partial charge on any atom is -0.368 e. The fourth-order valence-electron chi connectivity index (χ4n) is 3.62. The van der Waals surface area contributed by atoms with E-state index >= 15 is 0 Å². The smallest absolute Gasteiger partial charge is 0.317 e. The summed E-state index contributed by atoms with van der Waals surface area (Å²) < 4.78 is 5.46. The molecule has 0 aromatic heterocycles. The molecule has 1 aliphatic carbocycles. The SMILES string of the molecule is O=C(NC1CCCCC1)N1CCN(C(=O)[C@H]2CCCO2)CC1. The largest absolute Gasteiger partial charge is 0.368 e. The minimum absolute atomic E-state index is 0.0381. The van der Waals surface area contributed by atoms with Crippen LogP contribution in [0.25, 0.3) is 0 Å². The number of hydrogen-bond acceptors (Lipinski definition) is 3. The molecular weight excluding hydrogens is 282 g/mol. The lowest BCUT2D eigenvalue weighted by molar-refractivity contribution is -0.142. The van der Waals surface area contributed by atoms with Crippen LogP contribution in [0.5, 0.6) is 0 Å². The Labute approximate surface area is 132 Å². The summed E-state index contributed by atoms with van der Waals surface area (Å²) >= 11 is 0. The maximum atomic E-state index is 12.3. The lowest BCUT2D eigenvalue weighted by atomic mass is 9.96. The van der Waals surface area contributed by atoms with Crippen molar-refractivity contribution in [2.24, 2.45) is 0 Å². The number of hydrogen-bond donors (Lipinski definition) is 1. The third-order valence-corrected chi connectivity index (χ3v) is 5.02. The molecule has 3 rings (SSSR count). The van der Waals surface area contributed by atoms with E-state index in [9.17, 15) is 9.59 Å². The molecule has 0 radical (unpaired) electrons. The van der Waals surface area contributed by atoms with Gasteiger partial charge in [-0.15, -0.1) is 0 Å². The van der Waals surface area contributed by atoms with Crippen LogP contribution in [-0.2, 0) is 9.53 Å². The van der Waals surface area contributed by atoms with Crippen molar-refractivity contribution < 1.29 is 14.3 Å². The number of amides is 3. The zero-order valence-electron chi connectivity index (χ0n) is 13.3. The number of carbonyl (C=O) groups is 2. The molecule has 3 amide bonds. The van der Waals surface area contributed by atoms with Crippen LogP contribution >= 0.6 is 0 Å². The fraction of sp³-hybridized carbons (Fsp3) is 0.875. The molecule has 0 aromatic rings. The predicted molar refractivity (Wildman–Crippen MR) is 82.5 cm³/mol. The number of rotatable bonds is 2. The van der Waals surface area contributed by atoms with Crippen molar-refractivity contribution in [3.05, 3.63) is 0 Å². The average Bonchev–Trinajstić information content (AvgIpc) is 3.10. The number of piperazine rings is 1. The van der Waals surface area contributed by atoms with E-state index in [-0.39, 0.29) is 18.0 Å². The van der Waals surface area contributed by atoms with Gasteiger partial charge in [0.2, 0.25) is 0 Å². The zero-order chi connectivity index (χ0) is 15.4. The normalized spacial score (nSPS) is 27.0. The van der Waals surface area contributed by atoms with Crippen LogP contribution in [0.4, 0.5) is 4.79 Å². The number of urea groups is 1. The molecule has 6 heteroatoms. The van der Waals surface area contributed by atoms with Crippen LogP contribution in [0.15, 0.2) is 0 Å². The molecule has 0 spiro atoms. The first-order valence-electron chi connectivity index (χ1n) is 8.70. The zero-order valence-corrected chi connectivity index (χ0v) is 13.3. The number of carbonyl (C=O) groups excluding carboxylic acids is 2. The molecule has 22 heavy (non-hydrogen) atoms. The van der Waals surface area contributed by atoms with Gasteiger partial charge >= 0.3 is 6.03 Å². The van der Waals surface area contributed by atoms with E-state index in [2.05, 4.69) is 5.32 Å². The van der Waals surface area contributed by atoms with Crippen LogP contribution in [0.1, 0.15) is 44.9 Å². The van der Waals surface area contributed by atoms with Crippen LogP contribution in [-0.4, -0.2) is 66.7 Å². The molecule has 6 nitrogen and oxygen atoms in total. The second-order valence-electron chi connectivity index (χ2n) is 6.60. The first kappa shape index (κ1) is 15.6. The van der Waals surface area contributed by atoms with Crippen molar-refractivity contribution in [1.82, 2.24) is 15.1 Å². The van der Waals surface area contributed by atoms with E-state index in [1.807, 2.05) is 9.80 Å². The molecule has 0 aromatic carbocycles. The summed E-state index contributed by atoms with van der Waals surface area (Å²) in [5.74, 6) is 0.102. The predicted octanol–water partition coefficient (Wildman–Crippen LogP) is 1.35. The Balaban J connectivity index is 1.42. The molecule has 3 aliphatic rings. The van der Waals surface area contributed by atoms with Gasteiger partial charge in [-0.05, 0) is 25.7 Å². The molecule has 1 saturated carbocycles. The molecule has 0 unspecified atom stereocenters. The molecule has 1 N–H and O–H groups in total. The van der Waals surface area contributed by atoms with Crippen molar-refractivity contribution in [3.8, 4) is 0 Å². The van der Waals surface area contributed by atoms with Crippen molar-refractivity contribution in [3.63, 3.8) is 0 Å². The highest BCUT2D eigenvalue weighted by Crippen LogP contribution is 2.18. The molecule has 2 heterocycles. The highest BCUT2D eigenvalue weighted by molar-refractivity contribution is 5.81. The van der Waals surface area contributed by atoms with Gasteiger partial charge in [0.25, 0.3) is 5.91 Å². The average molecular weight is 309 g/mol. The number of nitrogens with one attached hydrogen (secondary N) is 1. The van der Waals surface area contributed by atoms with Gasteiger partial charge in [0.15, 0.2) is 0 Å². The summed E-state index contributed by atoms with van der Waals surface area (Å²) in [6, 6.07) is 0.379. The Kier molecular flexibility index (Phi) is 5.18. The molecule has 0 bridgehead atoms. The van der Waals surface area contributed by atoms with E-state index < -0.39 is 0 Å². The van der Waals surface area contributed by atoms with Gasteiger partial charge in [-0.2, -0.15) is 0 Å². The highest BCUT2D eigenvalue weighted by atomic mass is 16.5. The molecule has 2 aliphatic heterocycles. The van der Waals surface area contributed by atoms with Crippen LogP contribution < -0.4 is 5.32 Å². The summed E-state index contributed by atoms with van der Waals surface area (Å²) in [7, 11) is 0. The van der Waals surface area contributed by atoms with Gasteiger partial charge in [0, 0.05) is 38.8 Å². The number of nitrogens with zero attached hydrogens (tertiary/aromatic N) is 2. The first-order chi connectivity index (χ1) is 10.7. The summed E-state index contributed by atoms with van der Waals surface area (Å²) in [6.45, 7) is 3.18. The Morgan fingerprint density at radius 1 is 0.864 bits per heavy atom. The van der Waals surface area contributed by atoms with E-state index in [1.165, 1.54) is 19.3 Å². The van der Waals surface area contributed by atoms with Gasteiger partial charge < -0.3 is 19.9 Å². The summed E-state index contributed by atoms with van der Waals surface area (Å²) in [5, 5.41) is 3.15. The van der Waals surface area contributed by atoms with E-state index in [0.717, 1.165) is 25.7 Å². The number of ether oxygens (including phenoxy) is 1. The van der Waals surface area contributed by atoms with Crippen molar-refractivity contribution in [2.45, 2.75) is 57.1 Å². The van der Waals surface area contributed by atoms with Gasteiger partial charge in [-0.3, -0.25) is 4.79 Å². The van der Waals surface area contributed by atoms with Gasteiger partial charge in [0.1, 0.15) is 6.10 Å². The van der Waals surface area contributed by atoms with Crippen molar-refractivity contribution >= 4 is 11.9 Å². The Morgan fingerprint density at radius 2 is 1.55 bits per heavy atom. The van der Waals surface area contributed by atoms with Crippen LogP contribution in [0, 0.1) is 0 Å². The van der Waals surface area contributed by atoms with E-state index in [1.54, 1.807) is 0 Å². The topological polar surface area (TPSA) is 61.9 Å². The Hall–Kier alpha value is -1.30. The molecule has 124 valence electrons. The lowest BCUT2D eigenvalue weighted by Crippen LogP contribution is -2.56. The van der Waals surface area contributed by atoms with Crippen molar-refractivity contribution in [1.29, 1.82) is 0 Å². The van der Waals surface area contributed by atoms with E-state index in [4.69, 9.17) is 4.74 Å². The van der Waals surface area contributed by atoms with Gasteiger partial charge in [0.05, 0.1) is 0 Å². The third-order valence-electron chi connectivity index (χ3n) is 5.02. The van der Waals surface area contributed by atoms with Crippen molar-refractivity contribution in [2.75, 3.05) is 32.8 Å². The maximum Gasteiger partial charge on any atom is 0.317 e. The summed E-state index contributed by atoms with van der Waals surface area (Å²) in [4.78, 5) is 28.3. The molecular formula is C16H27N3O3. The van der Waals surface area contributed by atoms with Gasteiger partial charge in [-0.1, -0.05) is 19.3 Å². The molecule has 3 fully saturated rings. The molecule has 2 saturated heterocycles. The quantitative estimate of drug-likeness (QED) is 0.837. The van der Waals surface area contributed by atoms with E-state index in [0.29, 0.717) is 38.8 Å². The van der Waals surface area contributed by atoms with Gasteiger partial charge in [-0.25, -0.2) is 4.79 Å². The van der Waals surface area contributed by atoms with Crippen LogP contribution in [0.3, 0.4) is 0 Å². The van der Waals surface area contributed by atoms with Crippen LogP contribution in [0.2, 0.25) is 0 Å². The second-order valence-corrected chi connectivity index (χ2v) is 6.60. The summed E-state index contributed by atoms with van der Waals surface area (Å²) in [6.07, 6.45) is 7.48. The summed E-state index contributed by atoms with van der Waals surface area (Å²) in [5.41, 5.74) is 0. The Morgan fingerprint density at radius 3 is 2.18 bits per heavy atom. The first-order valence-corrected chi connectivity index (χ1v) is 8.70. The monoisotopic (exact) mass is 309 g/mol. The second kappa shape index (κ2) is 7.31. The molecule has 1 atom stereocenters. The minimum atomic E-state index is -0.248. The third kappa shape index (κ3) is 3.72. The Bertz CT molecular complexity index is 395. The fourth-order valence-corrected chi connectivity index (χ4v) is 3.62. The maximum absolute atomic E-state index is 12.3.